The number of nitrogens with zero attached hydrogens (tertiary/aromatic N) is 3. The number of hydrogen-bond donors (Lipinski definition) is 0. The van der Waals surface area contributed by atoms with Crippen molar-refractivity contribution in [2.45, 2.75) is 0 Å². The Morgan fingerprint density at radius 1 is 0.254 bits per heavy atom. The van der Waals surface area contributed by atoms with E-state index in [9.17, 15) is 0 Å². The van der Waals surface area contributed by atoms with Gasteiger partial charge in [-0.1, -0.05) is 182 Å². The number of aromatic nitrogens is 3. The van der Waals surface area contributed by atoms with Crippen LogP contribution in [0.1, 0.15) is 0 Å². The van der Waals surface area contributed by atoms with Gasteiger partial charge in [0.1, 0.15) is 11.2 Å². The van der Waals surface area contributed by atoms with Crippen LogP contribution in [0.2, 0.25) is 0 Å². The highest BCUT2D eigenvalue weighted by atomic mass is 16.3. The van der Waals surface area contributed by atoms with Crippen LogP contribution in [0.4, 0.5) is 0 Å². The highest BCUT2D eigenvalue weighted by Crippen LogP contribution is 2.42. The molecule has 4 heteroatoms. The largest absolute Gasteiger partial charge is 0.455 e. The molecule has 0 unspecified atom stereocenters. The minimum Gasteiger partial charge on any atom is -0.455 e. The molecule has 0 spiro atoms. The van der Waals surface area contributed by atoms with Crippen LogP contribution in [0.15, 0.2) is 217 Å². The number of benzene rings is 9. The second-order valence-corrected chi connectivity index (χ2v) is 14.8. The van der Waals surface area contributed by atoms with Gasteiger partial charge in [0.2, 0.25) is 0 Å². The van der Waals surface area contributed by atoms with Gasteiger partial charge in [-0.3, -0.25) is 0 Å². The third kappa shape index (κ3) is 6.34. The standard InChI is InChI=1S/C55H35N3O/c1-4-16-36(17-5-1)44-26-10-11-27-45(44)42-30-31-51-49(34-42)50-35-48(46-28-12-13-29-47(46)52(50)59-51)41-24-14-22-39(32-41)40-23-15-25-43(33-40)55-57-53(37-18-6-2-7-19-37)56-54(58-55)38-20-8-3-9-21-38/h1-35H. The molecule has 0 fully saturated rings. The molecule has 0 aliphatic carbocycles. The van der Waals surface area contributed by atoms with E-state index in [1.54, 1.807) is 0 Å². The second kappa shape index (κ2) is 14.5. The average molecular weight is 754 g/mol. The fourth-order valence-corrected chi connectivity index (χ4v) is 8.25. The van der Waals surface area contributed by atoms with E-state index in [0.717, 1.165) is 77.2 Å². The molecule has 2 heterocycles. The molecule has 2 aromatic heterocycles. The first-order valence-corrected chi connectivity index (χ1v) is 19.8. The zero-order chi connectivity index (χ0) is 39.1. The zero-order valence-corrected chi connectivity index (χ0v) is 32.0. The van der Waals surface area contributed by atoms with Crippen LogP contribution in [0.3, 0.4) is 0 Å². The number of furan rings is 1. The average Bonchev–Trinajstić information content (AvgIpc) is 3.70. The molecule has 0 N–H and O–H groups in total. The predicted molar refractivity (Wildman–Crippen MR) is 243 cm³/mol. The summed E-state index contributed by atoms with van der Waals surface area (Å²) in [5.41, 5.74) is 13.8. The molecule has 0 atom stereocenters. The Morgan fingerprint density at radius 3 is 1.36 bits per heavy atom. The molecule has 0 aliphatic rings. The molecule has 0 amide bonds. The number of rotatable bonds is 7. The lowest BCUT2D eigenvalue weighted by Crippen LogP contribution is -2.00. The fraction of sp³-hybridized carbons (Fsp3) is 0. The van der Waals surface area contributed by atoms with Gasteiger partial charge in [-0.05, 0) is 80.2 Å². The Balaban J connectivity index is 1.02. The van der Waals surface area contributed by atoms with Gasteiger partial charge in [0.15, 0.2) is 17.5 Å². The minimum absolute atomic E-state index is 0.629. The Bertz CT molecular complexity index is 3260. The van der Waals surface area contributed by atoms with E-state index in [1.165, 1.54) is 16.7 Å². The van der Waals surface area contributed by atoms with Gasteiger partial charge in [0.25, 0.3) is 0 Å². The van der Waals surface area contributed by atoms with Crippen LogP contribution in [0, 0.1) is 0 Å². The molecule has 0 saturated heterocycles. The lowest BCUT2D eigenvalue weighted by atomic mass is 9.92. The summed E-state index contributed by atoms with van der Waals surface area (Å²) in [6, 6.07) is 74.1. The van der Waals surface area contributed by atoms with E-state index in [-0.39, 0.29) is 0 Å². The molecule has 9 aromatic carbocycles. The summed E-state index contributed by atoms with van der Waals surface area (Å²) < 4.78 is 6.67. The first-order valence-electron chi connectivity index (χ1n) is 19.8. The molecular weight excluding hydrogens is 719 g/mol. The van der Waals surface area contributed by atoms with Crippen molar-refractivity contribution in [2.75, 3.05) is 0 Å². The van der Waals surface area contributed by atoms with Gasteiger partial charge in [-0.15, -0.1) is 0 Å². The molecular formula is C55H35N3O. The molecule has 11 aromatic rings. The van der Waals surface area contributed by atoms with Gasteiger partial charge in [-0.2, -0.15) is 0 Å². The normalized spacial score (nSPS) is 11.4. The van der Waals surface area contributed by atoms with Crippen molar-refractivity contribution in [3.63, 3.8) is 0 Å². The van der Waals surface area contributed by atoms with Crippen molar-refractivity contribution >= 4 is 32.7 Å². The molecule has 59 heavy (non-hydrogen) atoms. The summed E-state index contributed by atoms with van der Waals surface area (Å²) in [4.78, 5) is 14.9. The summed E-state index contributed by atoms with van der Waals surface area (Å²) in [5, 5.41) is 4.43. The maximum absolute atomic E-state index is 6.67. The third-order valence-electron chi connectivity index (χ3n) is 11.1. The maximum Gasteiger partial charge on any atom is 0.164 e. The quantitative estimate of drug-likeness (QED) is 0.163. The lowest BCUT2D eigenvalue weighted by Gasteiger charge is -2.12. The SMILES string of the molecule is c1ccc(-c2nc(-c3ccccc3)nc(-c3cccc(-c4cccc(-c5cc6c7cc(-c8ccccc8-c8ccccc8)ccc7oc6c6ccccc56)c4)c3)n2)cc1. The van der Waals surface area contributed by atoms with Crippen molar-refractivity contribution in [1.29, 1.82) is 0 Å². The summed E-state index contributed by atoms with van der Waals surface area (Å²) in [5.74, 6) is 1.91. The third-order valence-corrected chi connectivity index (χ3v) is 11.1. The van der Waals surface area contributed by atoms with E-state index in [1.807, 2.05) is 60.7 Å². The molecule has 0 bridgehead atoms. The first-order chi connectivity index (χ1) is 29.2. The van der Waals surface area contributed by atoms with Crippen LogP contribution in [0.5, 0.6) is 0 Å². The number of hydrogen-bond acceptors (Lipinski definition) is 4. The van der Waals surface area contributed by atoms with Crippen molar-refractivity contribution in [2.24, 2.45) is 0 Å². The fourth-order valence-electron chi connectivity index (χ4n) is 8.25. The minimum atomic E-state index is 0.629. The van der Waals surface area contributed by atoms with Crippen LogP contribution >= 0.6 is 0 Å². The summed E-state index contributed by atoms with van der Waals surface area (Å²) >= 11 is 0. The van der Waals surface area contributed by atoms with Crippen LogP contribution in [0.25, 0.3) is 111 Å². The Morgan fingerprint density at radius 2 is 0.712 bits per heavy atom. The molecule has 0 aliphatic heterocycles. The summed E-state index contributed by atoms with van der Waals surface area (Å²) in [7, 11) is 0. The Kier molecular flexibility index (Phi) is 8.45. The smallest absolute Gasteiger partial charge is 0.164 e. The Hall–Kier alpha value is -7.95. The van der Waals surface area contributed by atoms with Gasteiger partial charge in [0.05, 0.1) is 0 Å². The Labute approximate surface area is 341 Å². The van der Waals surface area contributed by atoms with E-state index in [0.29, 0.717) is 17.5 Å². The predicted octanol–water partition coefficient (Wildman–Crippen LogP) is 14.6. The second-order valence-electron chi connectivity index (χ2n) is 14.8. The molecule has 4 nitrogen and oxygen atoms in total. The summed E-state index contributed by atoms with van der Waals surface area (Å²) in [6.45, 7) is 0. The van der Waals surface area contributed by atoms with Gasteiger partial charge in [-0.25, -0.2) is 15.0 Å². The van der Waals surface area contributed by atoms with Gasteiger partial charge >= 0.3 is 0 Å². The van der Waals surface area contributed by atoms with Crippen molar-refractivity contribution < 1.29 is 4.42 Å². The van der Waals surface area contributed by atoms with Crippen molar-refractivity contribution in [3.05, 3.63) is 212 Å². The molecule has 0 saturated carbocycles. The monoisotopic (exact) mass is 753 g/mol. The van der Waals surface area contributed by atoms with E-state index >= 15 is 0 Å². The first kappa shape index (κ1) is 34.3. The van der Waals surface area contributed by atoms with E-state index in [4.69, 9.17) is 19.4 Å². The molecule has 0 radical (unpaired) electrons. The topological polar surface area (TPSA) is 51.8 Å². The maximum atomic E-state index is 6.67. The van der Waals surface area contributed by atoms with Gasteiger partial charge in [0, 0.05) is 32.8 Å². The van der Waals surface area contributed by atoms with Crippen molar-refractivity contribution in [1.82, 2.24) is 15.0 Å². The van der Waals surface area contributed by atoms with Crippen molar-refractivity contribution in [3.8, 4) is 78.7 Å². The molecule has 276 valence electrons. The highest BCUT2D eigenvalue weighted by Gasteiger charge is 2.18. The van der Waals surface area contributed by atoms with Gasteiger partial charge < -0.3 is 4.42 Å². The van der Waals surface area contributed by atoms with Crippen LogP contribution in [-0.4, -0.2) is 15.0 Å². The van der Waals surface area contributed by atoms with Crippen LogP contribution in [-0.2, 0) is 0 Å². The van der Waals surface area contributed by atoms with E-state index in [2.05, 4.69) is 152 Å². The zero-order valence-electron chi connectivity index (χ0n) is 32.0. The number of fused-ring (bicyclic) bond motifs is 5. The summed E-state index contributed by atoms with van der Waals surface area (Å²) in [6.07, 6.45) is 0. The highest BCUT2D eigenvalue weighted by molar-refractivity contribution is 6.19. The van der Waals surface area contributed by atoms with Crippen LogP contribution < -0.4 is 0 Å². The van der Waals surface area contributed by atoms with E-state index < -0.39 is 0 Å². The lowest BCUT2D eigenvalue weighted by molar-refractivity contribution is 0.673. The molecule has 11 rings (SSSR count).